The zero-order valence-electron chi connectivity index (χ0n) is 11.5. The number of hydrogen-bond donors (Lipinski definition) is 0. The van der Waals surface area contributed by atoms with Gasteiger partial charge in [-0.15, -0.1) is 3.89 Å². The minimum absolute atomic E-state index is 0.0212. The first-order chi connectivity index (χ1) is 10.4. The monoisotopic (exact) mass is 324 g/mol. The SMILES string of the molecule is O=C1CC(CS(=O)(=O)F)CN1c1cccc(-n2nccn2)c1. The van der Waals surface area contributed by atoms with Crippen molar-refractivity contribution in [3.8, 4) is 5.69 Å². The predicted molar refractivity (Wildman–Crippen MR) is 76.7 cm³/mol. The number of amides is 1. The highest BCUT2D eigenvalue weighted by Crippen LogP contribution is 2.27. The van der Waals surface area contributed by atoms with Crippen LogP contribution in [0.3, 0.4) is 0 Å². The van der Waals surface area contributed by atoms with Crippen LogP contribution < -0.4 is 4.90 Å². The average molecular weight is 324 g/mol. The molecule has 2 heterocycles. The van der Waals surface area contributed by atoms with Crippen LogP contribution in [0.1, 0.15) is 6.42 Å². The van der Waals surface area contributed by atoms with Crippen molar-refractivity contribution < 1.29 is 17.1 Å². The Morgan fingerprint density at radius 3 is 2.59 bits per heavy atom. The molecule has 0 saturated carbocycles. The normalized spacial score (nSPS) is 18.9. The van der Waals surface area contributed by atoms with E-state index in [2.05, 4.69) is 10.2 Å². The van der Waals surface area contributed by atoms with E-state index in [1.54, 1.807) is 24.3 Å². The second kappa shape index (κ2) is 5.48. The summed E-state index contributed by atoms with van der Waals surface area (Å²) in [5.41, 5.74) is 1.29. The molecule has 0 N–H and O–H groups in total. The molecule has 116 valence electrons. The summed E-state index contributed by atoms with van der Waals surface area (Å²) in [5.74, 6) is -1.39. The fourth-order valence-corrected chi connectivity index (χ4v) is 3.35. The van der Waals surface area contributed by atoms with Gasteiger partial charge in [0.15, 0.2) is 0 Å². The van der Waals surface area contributed by atoms with Crippen LogP contribution in [-0.2, 0) is 15.0 Å². The van der Waals surface area contributed by atoms with Crippen molar-refractivity contribution in [2.75, 3.05) is 17.2 Å². The second-order valence-electron chi connectivity index (χ2n) is 5.12. The van der Waals surface area contributed by atoms with Crippen molar-refractivity contribution in [2.24, 2.45) is 5.92 Å². The second-order valence-corrected chi connectivity index (χ2v) is 6.53. The Bertz CT molecular complexity index is 791. The lowest BCUT2D eigenvalue weighted by molar-refractivity contribution is -0.117. The Balaban J connectivity index is 1.83. The van der Waals surface area contributed by atoms with Crippen molar-refractivity contribution >= 4 is 21.8 Å². The van der Waals surface area contributed by atoms with Gasteiger partial charge in [0.2, 0.25) is 5.91 Å². The molecule has 1 fully saturated rings. The Morgan fingerprint density at radius 1 is 1.23 bits per heavy atom. The van der Waals surface area contributed by atoms with Crippen LogP contribution in [0.15, 0.2) is 36.7 Å². The smallest absolute Gasteiger partial charge is 0.302 e. The van der Waals surface area contributed by atoms with Gasteiger partial charge in [0, 0.05) is 24.6 Å². The topological polar surface area (TPSA) is 85.2 Å². The third kappa shape index (κ3) is 3.14. The number of rotatable bonds is 4. The van der Waals surface area contributed by atoms with E-state index in [0.717, 1.165) is 0 Å². The molecular weight excluding hydrogens is 311 g/mol. The first-order valence-electron chi connectivity index (χ1n) is 6.62. The molecule has 1 unspecified atom stereocenters. The van der Waals surface area contributed by atoms with Gasteiger partial charge in [-0.2, -0.15) is 23.4 Å². The molecule has 0 spiro atoms. The molecule has 1 aliphatic heterocycles. The molecule has 0 bridgehead atoms. The number of carbonyl (C=O) groups excluding carboxylic acids is 1. The molecule has 22 heavy (non-hydrogen) atoms. The standard InChI is InChI=1S/C13H13FN4O3S/c14-22(20,21)9-10-6-13(19)17(8-10)11-2-1-3-12(7-11)18-15-4-5-16-18/h1-5,7,10H,6,8-9H2. The number of aromatic nitrogens is 3. The first kappa shape index (κ1) is 14.6. The fraction of sp³-hybridized carbons (Fsp3) is 0.308. The summed E-state index contributed by atoms with van der Waals surface area (Å²) in [6.45, 7) is 0.179. The van der Waals surface area contributed by atoms with Crippen LogP contribution in [0.25, 0.3) is 5.69 Å². The van der Waals surface area contributed by atoms with Gasteiger partial charge in [0.05, 0.1) is 23.8 Å². The quantitative estimate of drug-likeness (QED) is 0.781. The molecule has 7 nitrogen and oxygen atoms in total. The number of hydrogen-bond acceptors (Lipinski definition) is 5. The first-order valence-corrected chi connectivity index (χ1v) is 8.17. The van der Waals surface area contributed by atoms with Crippen LogP contribution in [0, 0.1) is 5.92 Å². The number of anilines is 1. The largest absolute Gasteiger partial charge is 0.312 e. The van der Waals surface area contributed by atoms with Gasteiger partial charge < -0.3 is 4.90 Å². The maximum absolute atomic E-state index is 12.8. The summed E-state index contributed by atoms with van der Waals surface area (Å²) in [4.78, 5) is 14.9. The third-order valence-corrected chi connectivity index (χ3v) is 4.30. The average Bonchev–Trinajstić information content (AvgIpc) is 3.07. The summed E-state index contributed by atoms with van der Waals surface area (Å²) >= 11 is 0. The van der Waals surface area contributed by atoms with Gasteiger partial charge in [-0.3, -0.25) is 4.79 Å². The van der Waals surface area contributed by atoms with Crippen molar-refractivity contribution in [1.29, 1.82) is 0 Å². The summed E-state index contributed by atoms with van der Waals surface area (Å²) < 4.78 is 34.2. The lowest BCUT2D eigenvalue weighted by Crippen LogP contribution is -2.25. The summed E-state index contributed by atoms with van der Waals surface area (Å²) in [6, 6.07) is 7.00. The van der Waals surface area contributed by atoms with Gasteiger partial charge in [-0.05, 0) is 18.2 Å². The van der Waals surface area contributed by atoms with E-state index in [4.69, 9.17) is 0 Å². The van der Waals surface area contributed by atoms with Gasteiger partial charge in [-0.25, -0.2) is 0 Å². The molecule has 1 amide bonds. The molecule has 9 heteroatoms. The summed E-state index contributed by atoms with van der Waals surface area (Å²) in [5, 5.41) is 8.02. The third-order valence-electron chi connectivity index (χ3n) is 3.43. The fourth-order valence-electron chi connectivity index (χ4n) is 2.56. The highest BCUT2D eigenvalue weighted by atomic mass is 32.3. The molecule has 1 atom stereocenters. The zero-order chi connectivity index (χ0) is 15.7. The number of nitrogens with zero attached hydrogens (tertiary/aromatic N) is 4. The van der Waals surface area contributed by atoms with Crippen LogP contribution in [0.2, 0.25) is 0 Å². The highest BCUT2D eigenvalue weighted by Gasteiger charge is 2.33. The Hall–Kier alpha value is -2.29. The molecule has 1 aromatic carbocycles. The van der Waals surface area contributed by atoms with Gasteiger partial charge >= 0.3 is 10.2 Å². The van der Waals surface area contributed by atoms with Crippen LogP contribution in [0.4, 0.5) is 9.57 Å². The van der Waals surface area contributed by atoms with E-state index in [9.17, 15) is 17.1 Å². The lowest BCUT2D eigenvalue weighted by atomic mass is 10.1. The molecule has 3 rings (SSSR count). The summed E-state index contributed by atoms with van der Waals surface area (Å²) in [7, 11) is -4.58. The Kier molecular flexibility index (Phi) is 3.65. The van der Waals surface area contributed by atoms with Crippen LogP contribution in [0.5, 0.6) is 0 Å². The van der Waals surface area contributed by atoms with Crippen LogP contribution in [-0.4, -0.2) is 41.6 Å². The van der Waals surface area contributed by atoms with E-state index in [0.29, 0.717) is 11.4 Å². The molecule has 0 radical (unpaired) electrons. The summed E-state index contributed by atoms with van der Waals surface area (Å²) in [6.07, 6.45) is 3.10. The van der Waals surface area contributed by atoms with Gasteiger partial charge in [0.25, 0.3) is 0 Å². The molecule has 1 saturated heterocycles. The predicted octanol–water partition coefficient (Wildman–Crippen LogP) is 0.920. The van der Waals surface area contributed by atoms with Gasteiger partial charge in [0.1, 0.15) is 0 Å². The Morgan fingerprint density at radius 2 is 1.91 bits per heavy atom. The maximum Gasteiger partial charge on any atom is 0.302 e. The Labute approximate surface area is 126 Å². The van der Waals surface area contributed by atoms with E-state index >= 15 is 0 Å². The van der Waals surface area contributed by atoms with E-state index in [1.807, 2.05) is 0 Å². The van der Waals surface area contributed by atoms with Crippen molar-refractivity contribution in [1.82, 2.24) is 15.0 Å². The minimum atomic E-state index is -4.58. The van der Waals surface area contributed by atoms with E-state index in [1.165, 1.54) is 22.1 Å². The van der Waals surface area contributed by atoms with Gasteiger partial charge in [-0.1, -0.05) is 6.07 Å². The van der Waals surface area contributed by atoms with Crippen molar-refractivity contribution in [2.45, 2.75) is 6.42 Å². The highest BCUT2D eigenvalue weighted by molar-refractivity contribution is 7.86. The molecule has 1 aromatic heterocycles. The van der Waals surface area contributed by atoms with Crippen molar-refractivity contribution in [3.63, 3.8) is 0 Å². The minimum Gasteiger partial charge on any atom is -0.312 e. The van der Waals surface area contributed by atoms with Crippen molar-refractivity contribution in [3.05, 3.63) is 36.7 Å². The van der Waals surface area contributed by atoms with E-state index < -0.39 is 21.9 Å². The lowest BCUT2D eigenvalue weighted by Gasteiger charge is -2.17. The maximum atomic E-state index is 12.8. The zero-order valence-corrected chi connectivity index (χ0v) is 12.3. The molecular formula is C13H13FN4O3S. The van der Waals surface area contributed by atoms with Crippen LogP contribution >= 0.6 is 0 Å². The number of halogens is 1. The molecule has 1 aliphatic rings. The number of benzene rings is 1. The van der Waals surface area contributed by atoms with E-state index in [-0.39, 0.29) is 18.9 Å². The molecule has 0 aliphatic carbocycles. The molecule has 2 aromatic rings. The number of carbonyl (C=O) groups is 1.